The molecule has 4 rings (SSSR count). The molecule has 6 nitrogen and oxygen atoms in total. The van der Waals surface area contributed by atoms with Gasteiger partial charge < -0.3 is 9.84 Å². The van der Waals surface area contributed by atoms with Crippen molar-refractivity contribution in [2.45, 2.75) is 45.6 Å². The molecule has 0 saturated heterocycles. The van der Waals surface area contributed by atoms with Crippen LogP contribution in [0.5, 0.6) is 5.88 Å². The first-order chi connectivity index (χ1) is 13.8. The third-order valence-electron chi connectivity index (χ3n) is 5.22. The van der Waals surface area contributed by atoms with Gasteiger partial charge in [-0.3, -0.25) is 9.97 Å². The van der Waals surface area contributed by atoms with E-state index in [0.717, 1.165) is 28.9 Å². The van der Waals surface area contributed by atoms with Gasteiger partial charge in [0.05, 0.1) is 17.9 Å². The first-order valence-corrected chi connectivity index (χ1v) is 9.90. The zero-order valence-electron chi connectivity index (χ0n) is 17.3. The number of aromatic nitrogens is 4. The number of rotatable bonds is 6. The van der Waals surface area contributed by atoms with Crippen LogP contribution in [-0.4, -0.2) is 31.6 Å². The van der Waals surface area contributed by atoms with E-state index in [9.17, 15) is 5.11 Å². The molecule has 1 fully saturated rings. The van der Waals surface area contributed by atoms with Gasteiger partial charge in [-0.15, -0.1) is 0 Å². The fourth-order valence-electron chi connectivity index (χ4n) is 3.42. The van der Waals surface area contributed by atoms with Crippen molar-refractivity contribution in [3.63, 3.8) is 0 Å². The van der Waals surface area contributed by atoms with Crippen LogP contribution in [-0.2, 0) is 5.60 Å². The topological polar surface area (TPSA) is 81.0 Å². The van der Waals surface area contributed by atoms with Crippen molar-refractivity contribution < 1.29 is 9.84 Å². The third kappa shape index (κ3) is 4.43. The average Bonchev–Trinajstić information content (AvgIpc) is 3.46. The van der Waals surface area contributed by atoms with E-state index < -0.39 is 5.60 Å². The molecule has 0 spiro atoms. The minimum Gasteiger partial charge on any atom is -0.477 e. The number of aryl methyl sites for hydroxylation is 2. The van der Waals surface area contributed by atoms with Crippen LogP contribution in [0, 0.1) is 19.8 Å². The quantitative estimate of drug-likeness (QED) is 0.686. The minimum absolute atomic E-state index is 0.447. The molecule has 0 bridgehead atoms. The SMILES string of the molecule is Cc1cccc(C2CC2COc2nc(C)ncc2-c2ccc(C(C)(C)O)nc2)n1. The van der Waals surface area contributed by atoms with E-state index >= 15 is 0 Å². The number of nitrogens with zero attached hydrogens (tertiary/aromatic N) is 4. The van der Waals surface area contributed by atoms with Gasteiger partial charge in [0, 0.05) is 41.2 Å². The summed E-state index contributed by atoms with van der Waals surface area (Å²) in [6, 6.07) is 9.90. The molecule has 0 amide bonds. The van der Waals surface area contributed by atoms with Gasteiger partial charge in [0.15, 0.2) is 0 Å². The Morgan fingerprint density at radius 2 is 1.90 bits per heavy atom. The Morgan fingerprint density at radius 3 is 2.59 bits per heavy atom. The van der Waals surface area contributed by atoms with Crippen LogP contribution in [0.25, 0.3) is 11.1 Å². The van der Waals surface area contributed by atoms with Gasteiger partial charge in [0.25, 0.3) is 0 Å². The predicted molar refractivity (Wildman–Crippen MR) is 111 cm³/mol. The zero-order valence-corrected chi connectivity index (χ0v) is 17.3. The molecule has 1 aliphatic carbocycles. The smallest absolute Gasteiger partial charge is 0.224 e. The van der Waals surface area contributed by atoms with E-state index in [1.807, 2.05) is 32.0 Å². The van der Waals surface area contributed by atoms with Gasteiger partial charge in [-0.2, -0.15) is 4.98 Å². The molecule has 0 aromatic carbocycles. The molecular formula is C23H26N4O2. The molecule has 1 aliphatic rings. The van der Waals surface area contributed by atoms with Gasteiger partial charge in [-0.05, 0) is 52.3 Å². The van der Waals surface area contributed by atoms with Gasteiger partial charge in [0.1, 0.15) is 11.4 Å². The molecule has 2 atom stereocenters. The predicted octanol–water partition coefficient (Wildman–Crippen LogP) is 3.96. The van der Waals surface area contributed by atoms with E-state index in [1.165, 1.54) is 0 Å². The highest BCUT2D eigenvalue weighted by atomic mass is 16.5. The maximum Gasteiger partial charge on any atom is 0.224 e. The Balaban J connectivity index is 1.49. The highest BCUT2D eigenvalue weighted by Gasteiger charge is 2.40. The first-order valence-electron chi connectivity index (χ1n) is 9.90. The van der Waals surface area contributed by atoms with E-state index in [1.54, 1.807) is 26.2 Å². The molecule has 3 heterocycles. The highest BCUT2D eigenvalue weighted by molar-refractivity contribution is 5.67. The lowest BCUT2D eigenvalue weighted by Gasteiger charge is -2.17. The number of ether oxygens (including phenoxy) is 1. The molecule has 0 aliphatic heterocycles. The van der Waals surface area contributed by atoms with Gasteiger partial charge in [-0.25, -0.2) is 4.98 Å². The van der Waals surface area contributed by atoms with Crippen LogP contribution in [0.3, 0.4) is 0 Å². The van der Waals surface area contributed by atoms with Crippen LogP contribution in [0.1, 0.15) is 49.1 Å². The summed E-state index contributed by atoms with van der Waals surface area (Å²) in [7, 11) is 0. The minimum atomic E-state index is -0.980. The summed E-state index contributed by atoms with van der Waals surface area (Å²) >= 11 is 0. The second-order valence-corrected chi connectivity index (χ2v) is 8.24. The van der Waals surface area contributed by atoms with Crippen molar-refractivity contribution in [2.24, 2.45) is 5.92 Å². The Kier molecular flexibility index (Phi) is 5.04. The molecule has 6 heteroatoms. The molecule has 3 aromatic rings. The van der Waals surface area contributed by atoms with E-state index in [2.05, 4.69) is 32.1 Å². The van der Waals surface area contributed by atoms with Crippen molar-refractivity contribution in [3.05, 3.63) is 65.6 Å². The zero-order chi connectivity index (χ0) is 20.6. The first kappa shape index (κ1) is 19.5. The van der Waals surface area contributed by atoms with Crippen LogP contribution < -0.4 is 4.74 Å². The average molecular weight is 390 g/mol. The van der Waals surface area contributed by atoms with Crippen molar-refractivity contribution in [3.8, 4) is 17.0 Å². The van der Waals surface area contributed by atoms with Crippen molar-refractivity contribution in [1.82, 2.24) is 19.9 Å². The lowest BCUT2D eigenvalue weighted by atomic mass is 10.0. The van der Waals surface area contributed by atoms with Crippen LogP contribution in [0.4, 0.5) is 0 Å². The Morgan fingerprint density at radius 1 is 1.07 bits per heavy atom. The van der Waals surface area contributed by atoms with Crippen molar-refractivity contribution >= 4 is 0 Å². The summed E-state index contributed by atoms with van der Waals surface area (Å²) in [5.74, 6) is 2.13. The lowest BCUT2D eigenvalue weighted by Crippen LogP contribution is -2.17. The maximum absolute atomic E-state index is 10.1. The van der Waals surface area contributed by atoms with E-state index in [0.29, 0.717) is 35.8 Å². The van der Waals surface area contributed by atoms with E-state index in [-0.39, 0.29) is 0 Å². The Hall–Kier alpha value is -2.86. The second-order valence-electron chi connectivity index (χ2n) is 8.24. The number of hydrogen-bond donors (Lipinski definition) is 1. The summed E-state index contributed by atoms with van der Waals surface area (Å²) in [5.41, 5.74) is 3.49. The van der Waals surface area contributed by atoms with Crippen molar-refractivity contribution in [1.29, 1.82) is 0 Å². The number of pyridine rings is 2. The Bertz CT molecular complexity index is 1010. The molecule has 150 valence electrons. The number of aliphatic hydroxyl groups is 1. The molecule has 2 unspecified atom stereocenters. The van der Waals surface area contributed by atoms with Crippen LogP contribution in [0.2, 0.25) is 0 Å². The lowest BCUT2D eigenvalue weighted by molar-refractivity contribution is 0.0739. The van der Waals surface area contributed by atoms with Crippen LogP contribution in [0.15, 0.2) is 42.7 Å². The second kappa shape index (κ2) is 7.52. The van der Waals surface area contributed by atoms with E-state index in [4.69, 9.17) is 4.74 Å². The highest BCUT2D eigenvalue weighted by Crippen LogP contribution is 2.47. The largest absolute Gasteiger partial charge is 0.477 e. The molecule has 3 aromatic heterocycles. The summed E-state index contributed by atoms with van der Waals surface area (Å²) in [6.07, 6.45) is 4.58. The fraction of sp³-hybridized carbons (Fsp3) is 0.391. The summed E-state index contributed by atoms with van der Waals surface area (Å²) in [6.45, 7) is 7.90. The van der Waals surface area contributed by atoms with Crippen molar-refractivity contribution in [2.75, 3.05) is 6.61 Å². The summed E-state index contributed by atoms with van der Waals surface area (Å²) < 4.78 is 6.12. The molecule has 0 radical (unpaired) electrons. The monoisotopic (exact) mass is 390 g/mol. The Labute approximate surface area is 171 Å². The van der Waals surface area contributed by atoms with Gasteiger partial charge in [-0.1, -0.05) is 12.1 Å². The summed E-state index contributed by atoms with van der Waals surface area (Å²) in [5, 5.41) is 10.1. The third-order valence-corrected chi connectivity index (χ3v) is 5.22. The number of hydrogen-bond acceptors (Lipinski definition) is 6. The molecule has 1 saturated carbocycles. The molecule has 29 heavy (non-hydrogen) atoms. The normalized spacial score (nSPS) is 18.5. The maximum atomic E-state index is 10.1. The fourth-order valence-corrected chi connectivity index (χ4v) is 3.42. The summed E-state index contributed by atoms with van der Waals surface area (Å²) in [4.78, 5) is 17.9. The standard InChI is InChI=1S/C23H26N4O2/c1-14-6-5-7-20(26-14)18-10-17(18)13-29-22-19(12-24-15(2)27-22)16-8-9-21(25-11-16)23(3,4)28/h5-9,11-12,17-18,28H,10,13H2,1-4H3. The molecular weight excluding hydrogens is 364 g/mol. The van der Waals surface area contributed by atoms with Gasteiger partial charge in [0.2, 0.25) is 5.88 Å². The van der Waals surface area contributed by atoms with Crippen LogP contribution >= 0.6 is 0 Å². The molecule has 1 N–H and O–H groups in total. The van der Waals surface area contributed by atoms with Gasteiger partial charge >= 0.3 is 0 Å².